The smallest absolute Gasteiger partial charge is 0.180 e. The first-order valence-corrected chi connectivity index (χ1v) is 13.5. The Bertz CT molecular complexity index is 1640. The van der Waals surface area contributed by atoms with Crippen LogP contribution in [0.3, 0.4) is 0 Å². The molecule has 0 fully saturated rings. The number of nitrogen functional groups attached to an aromatic ring is 1. The van der Waals surface area contributed by atoms with Gasteiger partial charge in [-0.2, -0.15) is 0 Å². The fraction of sp³-hybridized carbons (Fsp3) is 0.290. The molecule has 4 N–H and O–H groups in total. The number of H-pyrrole nitrogens is 2. The number of anilines is 2. The van der Waals surface area contributed by atoms with Crippen molar-refractivity contribution >= 4 is 45.1 Å². The number of imidazole rings is 1. The summed E-state index contributed by atoms with van der Waals surface area (Å²) in [5.41, 5.74) is 11.7. The third-order valence-corrected chi connectivity index (χ3v) is 7.16. The van der Waals surface area contributed by atoms with Gasteiger partial charge in [-0.25, -0.2) is 9.97 Å². The first-order chi connectivity index (χ1) is 18.9. The summed E-state index contributed by atoms with van der Waals surface area (Å²) < 4.78 is 0. The maximum Gasteiger partial charge on any atom is 0.180 e. The molecule has 8 nitrogen and oxygen atoms in total. The number of para-hydroxylation sites is 1. The van der Waals surface area contributed by atoms with Crippen LogP contribution >= 0.6 is 0 Å². The van der Waals surface area contributed by atoms with Crippen LogP contribution in [0.2, 0.25) is 0 Å². The van der Waals surface area contributed by atoms with Crippen LogP contribution in [0, 0.1) is 12.8 Å². The van der Waals surface area contributed by atoms with Crippen molar-refractivity contribution in [3.8, 4) is 11.3 Å². The summed E-state index contributed by atoms with van der Waals surface area (Å²) in [7, 11) is 0. The summed E-state index contributed by atoms with van der Waals surface area (Å²) in [4.78, 5) is 44.2. The van der Waals surface area contributed by atoms with Gasteiger partial charge in [-0.15, -0.1) is 0 Å². The molecular formula is C31H34N6O2. The molecule has 0 bridgehead atoms. The van der Waals surface area contributed by atoms with E-state index in [1.807, 2.05) is 74.5 Å². The Kier molecular flexibility index (Phi) is 7.45. The van der Waals surface area contributed by atoms with Gasteiger partial charge in [0.1, 0.15) is 17.4 Å². The molecule has 0 aliphatic rings. The Labute approximate surface area is 227 Å². The minimum Gasteiger partial charge on any atom is -0.384 e. The number of nitrogens with two attached hydrogens (primary N) is 1. The molecule has 0 aliphatic heterocycles. The van der Waals surface area contributed by atoms with Crippen molar-refractivity contribution in [1.29, 1.82) is 0 Å². The van der Waals surface area contributed by atoms with Crippen LogP contribution in [-0.2, 0) is 4.79 Å². The molecule has 2 aromatic carbocycles. The first kappa shape index (κ1) is 26.2. The summed E-state index contributed by atoms with van der Waals surface area (Å²) in [6, 6.07) is 19.5. The van der Waals surface area contributed by atoms with Gasteiger partial charge < -0.3 is 20.6 Å². The Morgan fingerprint density at radius 1 is 1.00 bits per heavy atom. The number of ketones is 2. The van der Waals surface area contributed by atoms with Crippen LogP contribution in [0.4, 0.5) is 11.5 Å². The largest absolute Gasteiger partial charge is 0.384 e. The Balaban J connectivity index is 1.41. The van der Waals surface area contributed by atoms with E-state index in [1.165, 1.54) is 0 Å². The average Bonchev–Trinajstić information content (AvgIpc) is 3.53. The minimum atomic E-state index is -0.369. The number of fused-ring (bicyclic) bond motifs is 2. The molecule has 0 saturated heterocycles. The zero-order chi connectivity index (χ0) is 27.5. The average molecular weight is 523 g/mol. The number of pyridine rings is 1. The number of hydrogen-bond donors (Lipinski definition) is 3. The lowest BCUT2D eigenvalue weighted by Crippen LogP contribution is -2.34. The Morgan fingerprint density at radius 2 is 1.79 bits per heavy atom. The molecule has 0 aliphatic carbocycles. The summed E-state index contributed by atoms with van der Waals surface area (Å²) in [6.07, 6.45) is 1.42. The van der Waals surface area contributed by atoms with E-state index in [0.29, 0.717) is 30.0 Å². The second-order valence-corrected chi connectivity index (χ2v) is 10.0. The molecule has 5 aromatic rings. The summed E-state index contributed by atoms with van der Waals surface area (Å²) in [6.45, 7) is 7.22. The van der Waals surface area contributed by atoms with E-state index in [0.717, 1.165) is 52.2 Å². The molecule has 0 amide bonds. The molecule has 8 heteroatoms. The van der Waals surface area contributed by atoms with E-state index in [2.05, 4.69) is 31.8 Å². The second kappa shape index (κ2) is 11.1. The predicted octanol–water partition coefficient (Wildman–Crippen LogP) is 6.08. The van der Waals surface area contributed by atoms with Crippen molar-refractivity contribution < 1.29 is 9.59 Å². The van der Waals surface area contributed by atoms with Crippen LogP contribution in [0.1, 0.15) is 49.3 Å². The van der Waals surface area contributed by atoms with Gasteiger partial charge >= 0.3 is 0 Å². The van der Waals surface area contributed by atoms with Crippen molar-refractivity contribution in [1.82, 2.24) is 19.9 Å². The summed E-state index contributed by atoms with van der Waals surface area (Å²) >= 11 is 0. The third kappa shape index (κ3) is 5.55. The lowest BCUT2D eigenvalue weighted by atomic mass is 9.91. The van der Waals surface area contributed by atoms with Gasteiger partial charge in [0.2, 0.25) is 0 Å². The van der Waals surface area contributed by atoms with E-state index in [-0.39, 0.29) is 23.9 Å². The van der Waals surface area contributed by atoms with Crippen LogP contribution in [0.15, 0.2) is 60.7 Å². The zero-order valence-electron chi connectivity index (χ0n) is 22.6. The first-order valence-electron chi connectivity index (χ1n) is 13.5. The Morgan fingerprint density at radius 3 is 2.54 bits per heavy atom. The monoisotopic (exact) mass is 522 g/mol. The molecule has 0 saturated carbocycles. The topological polar surface area (TPSA) is 121 Å². The van der Waals surface area contributed by atoms with Crippen molar-refractivity contribution in [2.45, 2.75) is 40.0 Å². The number of rotatable bonds is 11. The van der Waals surface area contributed by atoms with E-state index in [4.69, 9.17) is 5.73 Å². The molecular weight excluding hydrogens is 488 g/mol. The van der Waals surface area contributed by atoms with Gasteiger partial charge in [-0.05, 0) is 62.7 Å². The number of aromatic amines is 2. The van der Waals surface area contributed by atoms with E-state index >= 15 is 0 Å². The van der Waals surface area contributed by atoms with Crippen LogP contribution in [0.25, 0.3) is 33.3 Å². The normalized spacial score (nSPS) is 12.2. The number of carbonyl (C=O) groups excluding carboxylic acids is 2. The number of aryl methyl sites for hydroxylation is 1. The molecule has 5 rings (SSSR count). The van der Waals surface area contributed by atoms with E-state index in [9.17, 15) is 9.59 Å². The second-order valence-electron chi connectivity index (χ2n) is 10.0. The van der Waals surface area contributed by atoms with Crippen molar-refractivity contribution in [3.63, 3.8) is 0 Å². The lowest BCUT2D eigenvalue weighted by molar-refractivity contribution is -0.122. The maximum atomic E-state index is 13.5. The van der Waals surface area contributed by atoms with Gasteiger partial charge in [0.25, 0.3) is 0 Å². The SMILES string of the molecule is CCCC(=O)[C@@H](CC(=O)c1ccc2[nH]c(-c3cc(N)nc4nc(C)[nH]c34)cc2c1)CN(CC)c1ccccc1. The molecule has 200 valence electrons. The summed E-state index contributed by atoms with van der Waals surface area (Å²) in [5.74, 6) is 0.886. The number of benzene rings is 2. The van der Waals surface area contributed by atoms with Gasteiger partial charge in [-0.1, -0.05) is 25.1 Å². The number of nitrogens with one attached hydrogen (secondary N) is 2. The van der Waals surface area contributed by atoms with Crippen molar-refractivity contribution in [2.75, 3.05) is 23.7 Å². The molecule has 0 spiro atoms. The van der Waals surface area contributed by atoms with Gasteiger partial charge in [0.15, 0.2) is 11.4 Å². The van der Waals surface area contributed by atoms with Crippen LogP contribution < -0.4 is 10.6 Å². The highest BCUT2D eigenvalue weighted by atomic mass is 16.1. The highest BCUT2D eigenvalue weighted by Crippen LogP contribution is 2.31. The van der Waals surface area contributed by atoms with Crippen LogP contribution in [-0.4, -0.2) is 44.6 Å². The maximum absolute atomic E-state index is 13.5. The van der Waals surface area contributed by atoms with Gasteiger partial charge in [-0.3, -0.25) is 9.59 Å². The molecule has 1 atom stereocenters. The molecule has 0 unspecified atom stereocenters. The van der Waals surface area contributed by atoms with E-state index in [1.54, 1.807) is 0 Å². The quantitative estimate of drug-likeness (QED) is 0.181. The fourth-order valence-electron chi connectivity index (χ4n) is 5.18. The highest BCUT2D eigenvalue weighted by Gasteiger charge is 2.25. The Hall–Kier alpha value is -4.46. The number of aromatic nitrogens is 4. The number of hydrogen-bond acceptors (Lipinski definition) is 6. The molecule has 39 heavy (non-hydrogen) atoms. The van der Waals surface area contributed by atoms with Crippen molar-refractivity contribution in [2.24, 2.45) is 5.92 Å². The summed E-state index contributed by atoms with van der Waals surface area (Å²) in [5, 5.41) is 0.909. The predicted molar refractivity (Wildman–Crippen MR) is 157 cm³/mol. The number of Topliss-reactive ketones (excluding diaryl/α,β-unsaturated/α-hetero) is 2. The minimum absolute atomic E-state index is 0.0297. The van der Waals surface area contributed by atoms with Gasteiger partial charge in [0.05, 0.1) is 5.52 Å². The van der Waals surface area contributed by atoms with Crippen LogP contribution in [0.5, 0.6) is 0 Å². The van der Waals surface area contributed by atoms with Gasteiger partial charge in [0, 0.05) is 65.3 Å². The number of nitrogens with zero attached hydrogens (tertiary/aromatic N) is 3. The number of carbonyl (C=O) groups is 2. The molecule has 0 radical (unpaired) electrons. The fourth-order valence-corrected chi connectivity index (χ4v) is 5.18. The standard InChI is InChI=1S/C31H34N6O2/c1-4-9-27(38)22(18-37(5-2)23-10-7-6-8-11-23)16-28(39)20-12-13-25-21(14-20)15-26(35-25)24-17-29(32)36-31-30(24)33-19(3)34-31/h6-8,10-15,17,22,35H,4-5,9,16,18H2,1-3H3,(H3,32,33,34,36)/t22-/m0/s1. The van der Waals surface area contributed by atoms with Crippen molar-refractivity contribution in [3.05, 3.63) is 72.1 Å². The third-order valence-electron chi connectivity index (χ3n) is 7.16. The van der Waals surface area contributed by atoms with E-state index < -0.39 is 0 Å². The molecule has 3 aromatic heterocycles. The zero-order valence-corrected chi connectivity index (χ0v) is 22.6. The lowest BCUT2D eigenvalue weighted by Gasteiger charge is -2.27. The highest BCUT2D eigenvalue weighted by molar-refractivity contribution is 6.03. The molecule has 3 heterocycles.